The molecule has 0 aromatic heterocycles. The molecule has 0 aromatic carbocycles. The summed E-state index contributed by atoms with van der Waals surface area (Å²) in [5.41, 5.74) is 0. The summed E-state index contributed by atoms with van der Waals surface area (Å²) in [6.07, 6.45) is 5.11. The van der Waals surface area contributed by atoms with Crippen LogP contribution in [0.4, 0.5) is 14.4 Å². The van der Waals surface area contributed by atoms with Crippen molar-refractivity contribution in [2.75, 3.05) is 32.7 Å². The van der Waals surface area contributed by atoms with Gasteiger partial charge in [-0.3, -0.25) is 0 Å². The predicted molar refractivity (Wildman–Crippen MR) is 94.5 cm³/mol. The van der Waals surface area contributed by atoms with Gasteiger partial charge in [-0.1, -0.05) is 0 Å². The van der Waals surface area contributed by atoms with Crippen molar-refractivity contribution in [1.29, 1.82) is 0 Å². The van der Waals surface area contributed by atoms with Crippen LogP contribution in [0.15, 0.2) is 0 Å². The van der Waals surface area contributed by atoms with E-state index in [0.29, 0.717) is 32.7 Å². The van der Waals surface area contributed by atoms with Crippen molar-refractivity contribution < 1.29 is 14.4 Å². The highest BCUT2D eigenvalue weighted by Gasteiger charge is 2.36. The number of carbonyl (C=O) groups is 3. The fourth-order valence-corrected chi connectivity index (χ4v) is 4.63. The number of hydrogen-bond donors (Lipinski definition) is 3. The summed E-state index contributed by atoms with van der Waals surface area (Å²) in [6.45, 7) is 3.00. The Morgan fingerprint density at radius 2 is 1.15 bits per heavy atom. The average molecular weight is 364 g/mol. The topological polar surface area (TPSA) is 97.0 Å². The first-order valence-electron chi connectivity index (χ1n) is 9.79. The van der Waals surface area contributed by atoms with E-state index in [1.165, 1.54) is 0 Å². The number of fused-ring (bicyclic) bond motifs is 3. The number of nitrogens with zero attached hydrogens (tertiary/aromatic N) is 3. The van der Waals surface area contributed by atoms with E-state index in [1.54, 1.807) is 4.90 Å². The van der Waals surface area contributed by atoms with Gasteiger partial charge in [0.25, 0.3) is 0 Å². The Bertz CT molecular complexity index is 585. The van der Waals surface area contributed by atoms with Crippen LogP contribution in [0.2, 0.25) is 0 Å². The van der Waals surface area contributed by atoms with Crippen molar-refractivity contribution in [3.05, 3.63) is 0 Å². The van der Waals surface area contributed by atoms with E-state index < -0.39 is 0 Å². The second-order valence-electron chi connectivity index (χ2n) is 7.65. The summed E-state index contributed by atoms with van der Waals surface area (Å²) in [5, 5.41) is 8.98. The van der Waals surface area contributed by atoms with E-state index in [-0.39, 0.29) is 36.3 Å². The van der Waals surface area contributed by atoms with Gasteiger partial charge in [-0.15, -0.1) is 0 Å². The van der Waals surface area contributed by atoms with Gasteiger partial charge in [0.2, 0.25) is 0 Å². The molecule has 0 aliphatic carbocycles. The SMILES string of the molecule is O=C1NC2CCCN2C(=O)NC[C@@H]2CCCN2C(=O)NCC2CCCN12. The van der Waals surface area contributed by atoms with E-state index in [4.69, 9.17) is 0 Å². The number of urea groups is 3. The standard InChI is InChI=1S/C17H28N6O3/c24-15-18-11-13-5-2-8-22(13)17(26)20-14-6-3-9-23(14)16(25)19-10-12-4-1-7-21(12)15/h12-14H,1-11H2,(H,18,24)(H,19,25)(H,20,26)/t12-,13?,14?/m0/s1. The predicted octanol–water partition coefficient (Wildman–Crippen LogP) is 0.480. The molecule has 26 heavy (non-hydrogen) atoms. The zero-order valence-corrected chi connectivity index (χ0v) is 15.1. The Labute approximate surface area is 153 Å². The zero-order chi connectivity index (χ0) is 18.1. The molecule has 3 atom stereocenters. The van der Waals surface area contributed by atoms with Crippen LogP contribution in [0, 0.1) is 0 Å². The number of rotatable bonds is 0. The first-order valence-corrected chi connectivity index (χ1v) is 9.79. The normalized spacial score (nSPS) is 33.0. The summed E-state index contributed by atoms with van der Waals surface area (Å²) in [7, 11) is 0. The van der Waals surface area contributed by atoms with Gasteiger partial charge in [0, 0.05) is 32.7 Å². The lowest BCUT2D eigenvalue weighted by Gasteiger charge is -2.33. The van der Waals surface area contributed by atoms with Crippen molar-refractivity contribution in [3.63, 3.8) is 0 Å². The van der Waals surface area contributed by atoms with Crippen molar-refractivity contribution in [2.24, 2.45) is 0 Å². The van der Waals surface area contributed by atoms with Gasteiger partial charge in [-0.05, 0) is 38.5 Å². The molecule has 4 saturated heterocycles. The van der Waals surface area contributed by atoms with Gasteiger partial charge in [0.1, 0.15) is 6.17 Å². The minimum atomic E-state index is -0.249. The fraction of sp³-hybridized carbons (Fsp3) is 0.824. The van der Waals surface area contributed by atoms with Gasteiger partial charge in [-0.2, -0.15) is 0 Å². The molecular weight excluding hydrogens is 336 g/mol. The van der Waals surface area contributed by atoms with Gasteiger partial charge >= 0.3 is 18.1 Å². The maximum Gasteiger partial charge on any atom is 0.319 e. The van der Waals surface area contributed by atoms with Crippen LogP contribution in [0.5, 0.6) is 0 Å². The van der Waals surface area contributed by atoms with Crippen molar-refractivity contribution in [1.82, 2.24) is 30.7 Å². The van der Waals surface area contributed by atoms with Crippen molar-refractivity contribution in [2.45, 2.75) is 56.8 Å². The lowest BCUT2D eigenvalue weighted by Crippen LogP contribution is -2.57. The lowest BCUT2D eigenvalue weighted by atomic mass is 10.2. The molecule has 0 saturated carbocycles. The molecule has 4 aliphatic rings. The third kappa shape index (κ3) is 3.26. The minimum Gasteiger partial charge on any atom is -0.336 e. The summed E-state index contributed by atoms with van der Waals surface area (Å²) in [6, 6.07) is -0.327. The molecule has 0 aromatic rings. The Morgan fingerprint density at radius 3 is 1.81 bits per heavy atom. The van der Waals surface area contributed by atoms with Crippen LogP contribution in [0.3, 0.4) is 0 Å². The second kappa shape index (κ2) is 7.20. The Morgan fingerprint density at radius 1 is 0.654 bits per heavy atom. The zero-order valence-electron chi connectivity index (χ0n) is 15.1. The molecule has 2 unspecified atom stereocenters. The third-order valence-corrected chi connectivity index (χ3v) is 6.06. The van der Waals surface area contributed by atoms with Crippen LogP contribution in [0.25, 0.3) is 0 Å². The van der Waals surface area contributed by atoms with Crippen LogP contribution in [0.1, 0.15) is 38.5 Å². The number of hydrogen-bond acceptors (Lipinski definition) is 3. The van der Waals surface area contributed by atoms with E-state index in [2.05, 4.69) is 16.0 Å². The number of carbonyl (C=O) groups excluding carboxylic acids is 3. The molecule has 6 amide bonds. The van der Waals surface area contributed by atoms with Crippen LogP contribution in [-0.2, 0) is 0 Å². The molecule has 144 valence electrons. The largest absolute Gasteiger partial charge is 0.336 e. The van der Waals surface area contributed by atoms with Crippen molar-refractivity contribution in [3.8, 4) is 0 Å². The summed E-state index contributed by atoms with van der Waals surface area (Å²) in [4.78, 5) is 43.2. The van der Waals surface area contributed by atoms with Gasteiger partial charge in [0.05, 0.1) is 12.1 Å². The molecule has 9 heteroatoms. The molecule has 0 radical (unpaired) electrons. The van der Waals surface area contributed by atoms with E-state index in [1.807, 2.05) is 9.80 Å². The maximum absolute atomic E-state index is 12.7. The van der Waals surface area contributed by atoms with E-state index >= 15 is 0 Å². The highest BCUT2D eigenvalue weighted by Crippen LogP contribution is 2.21. The first kappa shape index (κ1) is 17.2. The van der Waals surface area contributed by atoms with Gasteiger partial charge < -0.3 is 30.7 Å². The summed E-state index contributed by atoms with van der Waals surface area (Å²) in [5.74, 6) is 0. The number of nitrogens with one attached hydrogen (secondary N) is 3. The summed E-state index contributed by atoms with van der Waals surface area (Å²) >= 11 is 0. The molecule has 4 aliphatic heterocycles. The minimum absolute atomic E-state index is 0.0200. The highest BCUT2D eigenvalue weighted by molar-refractivity contribution is 5.79. The van der Waals surface area contributed by atoms with Gasteiger partial charge in [0.15, 0.2) is 0 Å². The van der Waals surface area contributed by atoms with Gasteiger partial charge in [-0.25, -0.2) is 14.4 Å². The quantitative estimate of drug-likeness (QED) is 0.583. The highest BCUT2D eigenvalue weighted by atomic mass is 16.2. The Kier molecular flexibility index (Phi) is 4.78. The molecule has 0 spiro atoms. The molecule has 0 bridgehead atoms. The van der Waals surface area contributed by atoms with Crippen LogP contribution >= 0.6 is 0 Å². The Balaban J connectivity index is 1.53. The van der Waals surface area contributed by atoms with E-state index in [0.717, 1.165) is 38.5 Å². The number of amides is 6. The molecule has 9 nitrogen and oxygen atoms in total. The monoisotopic (exact) mass is 364 g/mol. The second-order valence-corrected chi connectivity index (χ2v) is 7.65. The van der Waals surface area contributed by atoms with Crippen LogP contribution < -0.4 is 16.0 Å². The fourth-order valence-electron chi connectivity index (χ4n) is 4.63. The molecule has 4 rings (SSSR count). The lowest BCUT2D eigenvalue weighted by molar-refractivity contribution is 0.155. The first-order chi connectivity index (χ1) is 12.6. The molecular formula is C17H28N6O3. The Hall–Kier alpha value is -2.19. The molecule has 3 N–H and O–H groups in total. The van der Waals surface area contributed by atoms with Crippen LogP contribution in [-0.4, -0.2) is 83.8 Å². The smallest absolute Gasteiger partial charge is 0.319 e. The average Bonchev–Trinajstić information content (AvgIpc) is 3.36. The maximum atomic E-state index is 12.7. The van der Waals surface area contributed by atoms with E-state index in [9.17, 15) is 14.4 Å². The summed E-state index contributed by atoms with van der Waals surface area (Å²) < 4.78 is 0. The third-order valence-electron chi connectivity index (χ3n) is 6.06. The molecule has 4 heterocycles. The van der Waals surface area contributed by atoms with Crippen molar-refractivity contribution >= 4 is 18.1 Å². The molecule has 4 fully saturated rings.